The van der Waals surface area contributed by atoms with Crippen LogP contribution in [0.1, 0.15) is 23.2 Å². The first-order valence-electron chi connectivity index (χ1n) is 12.0. The van der Waals surface area contributed by atoms with E-state index in [1.54, 1.807) is 31.4 Å². The Morgan fingerprint density at radius 3 is 2.42 bits per heavy atom. The smallest absolute Gasteiger partial charge is 0.260 e. The Morgan fingerprint density at radius 2 is 1.72 bits per heavy atom. The van der Waals surface area contributed by atoms with Crippen molar-refractivity contribution >= 4 is 40.0 Å². The van der Waals surface area contributed by atoms with Crippen molar-refractivity contribution in [2.24, 2.45) is 0 Å². The highest BCUT2D eigenvalue weighted by atomic mass is 16.5. The molecular weight excluding hydrogens is 454 g/mol. The molecule has 0 radical (unpaired) electrons. The number of aromatic nitrogens is 3. The van der Waals surface area contributed by atoms with Gasteiger partial charge in [0.2, 0.25) is 5.95 Å². The number of ether oxygens (including phenoxy) is 1. The molecule has 2 aliphatic heterocycles. The normalized spacial score (nSPS) is 18.9. The summed E-state index contributed by atoms with van der Waals surface area (Å²) in [5.74, 6) is 2.10. The van der Waals surface area contributed by atoms with E-state index in [9.17, 15) is 4.79 Å². The predicted octanol–water partition coefficient (Wildman–Crippen LogP) is 3.73. The number of anilines is 4. The van der Waals surface area contributed by atoms with Crippen LogP contribution in [0.5, 0.6) is 5.75 Å². The molecule has 2 atom stereocenters. The first-order chi connectivity index (χ1) is 17.6. The molecule has 9 nitrogen and oxygen atoms in total. The number of carbonyl (C=O) groups is 1. The van der Waals surface area contributed by atoms with Gasteiger partial charge in [0.05, 0.1) is 7.11 Å². The highest BCUT2D eigenvalue weighted by molar-refractivity contribution is 6.07. The maximum absolute atomic E-state index is 12.8. The lowest BCUT2D eigenvalue weighted by atomic mass is 10.1. The molecule has 2 aliphatic rings. The van der Waals surface area contributed by atoms with Crippen LogP contribution in [0.15, 0.2) is 67.0 Å². The van der Waals surface area contributed by atoms with Gasteiger partial charge in [-0.2, -0.15) is 4.98 Å². The van der Waals surface area contributed by atoms with Gasteiger partial charge in [-0.1, -0.05) is 24.3 Å². The SMILES string of the molecule is COc1ccc(NC(=O)c2cnc(N3CC4CCC(C3)N4c3cc4ccccc4cn3)nc2N)cc1. The highest BCUT2D eigenvalue weighted by Crippen LogP contribution is 2.36. The number of rotatable bonds is 5. The van der Waals surface area contributed by atoms with Gasteiger partial charge in [-0.3, -0.25) is 4.79 Å². The van der Waals surface area contributed by atoms with E-state index < -0.39 is 0 Å². The number of nitrogen functional groups attached to an aromatic ring is 1. The lowest BCUT2D eigenvalue weighted by Gasteiger charge is -2.41. The molecule has 182 valence electrons. The molecule has 1 amide bonds. The summed E-state index contributed by atoms with van der Waals surface area (Å²) < 4.78 is 5.15. The van der Waals surface area contributed by atoms with Crippen LogP contribution in [0.25, 0.3) is 10.8 Å². The van der Waals surface area contributed by atoms with Gasteiger partial charge in [0, 0.05) is 48.6 Å². The van der Waals surface area contributed by atoms with Crippen LogP contribution in [-0.4, -0.2) is 53.1 Å². The Bertz CT molecular complexity index is 1410. The third kappa shape index (κ3) is 4.02. The molecular formula is C27H27N7O2. The van der Waals surface area contributed by atoms with Crippen molar-refractivity contribution < 1.29 is 9.53 Å². The first-order valence-corrected chi connectivity index (χ1v) is 12.0. The Hall–Kier alpha value is -4.40. The van der Waals surface area contributed by atoms with Crippen LogP contribution in [-0.2, 0) is 0 Å². The minimum absolute atomic E-state index is 0.164. The molecule has 2 aromatic heterocycles. The summed E-state index contributed by atoms with van der Waals surface area (Å²) in [4.78, 5) is 31.1. The summed E-state index contributed by atoms with van der Waals surface area (Å²) in [7, 11) is 1.60. The zero-order valence-corrected chi connectivity index (χ0v) is 20.0. The zero-order valence-electron chi connectivity index (χ0n) is 20.0. The monoisotopic (exact) mass is 481 g/mol. The highest BCUT2D eigenvalue weighted by Gasteiger charge is 2.41. The third-order valence-electron chi connectivity index (χ3n) is 7.04. The number of hydrogen-bond donors (Lipinski definition) is 2. The lowest BCUT2D eigenvalue weighted by molar-refractivity contribution is 0.102. The number of nitrogens with one attached hydrogen (secondary N) is 1. The summed E-state index contributed by atoms with van der Waals surface area (Å²) >= 11 is 0. The number of piperazine rings is 1. The van der Waals surface area contributed by atoms with E-state index in [0.29, 0.717) is 29.5 Å². The fourth-order valence-corrected chi connectivity index (χ4v) is 5.24. The molecule has 2 aromatic carbocycles. The van der Waals surface area contributed by atoms with Crippen molar-refractivity contribution in [3.63, 3.8) is 0 Å². The van der Waals surface area contributed by atoms with E-state index in [4.69, 9.17) is 15.5 Å². The number of methoxy groups -OCH3 is 1. The van der Waals surface area contributed by atoms with Gasteiger partial charge in [0.1, 0.15) is 22.9 Å². The second-order valence-electron chi connectivity index (χ2n) is 9.24. The van der Waals surface area contributed by atoms with E-state index in [-0.39, 0.29) is 17.3 Å². The Balaban J connectivity index is 1.17. The number of hydrogen-bond acceptors (Lipinski definition) is 8. The van der Waals surface area contributed by atoms with Gasteiger partial charge in [-0.25, -0.2) is 9.97 Å². The van der Waals surface area contributed by atoms with Crippen LogP contribution < -0.4 is 25.6 Å². The molecule has 4 aromatic rings. The number of amides is 1. The molecule has 2 bridgehead atoms. The van der Waals surface area contributed by atoms with Gasteiger partial charge >= 0.3 is 0 Å². The molecule has 2 unspecified atom stereocenters. The van der Waals surface area contributed by atoms with Crippen molar-refractivity contribution in [1.29, 1.82) is 0 Å². The topological polar surface area (TPSA) is 110 Å². The van der Waals surface area contributed by atoms with Gasteiger partial charge in [0.25, 0.3) is 5.91 Å². The van der Waals surface area contributed by atoms with Crippen LogP contribution in [0.3, 0.4) is 0 Å². The van der Waals surface area contributed by atoms with E-state index in [0.717, 1.165) is 37.1 Å². The predicted molar refractivity (Wildman–Crippen MR) is 141 cm³/mol. The van der Waals surface area contributed by atoms with Crippen molar-refractivity contribution in [3.05, 3.63) is 72.6 Å². The Kier molecular flexibility index (Phi) is 5.52. The van der Waals surface area contributed by atoms with Crippen LogP contribution >= 0.6 is 0 Å². The third-order valence-corrected chi connectivity index (χ3v) is 7.04. The van der Waals surface area contributed by atoms with E-state index >= 15 is 0 Å². The summed E-state index contributed by atoms with van der Waals surface area (Å²) in [5.41, 5.74) is 7.09. The van der Waals surface area contributed by atoms with E-state index in [1.807, 2.05) is 12.3 Å². The molecule has 0 aliphatic carbocycles. The Labute approximate surface area is 208 Å². The number of nitrogens with zero attached hydrogens (tertiary/aromatic N) is 5. The molecule has 9 heteroatoms. The molecule has 3 N–H and O–H groups in total. The minimum Gasteiger partial charge on any atom is -0.497 e. The minimum atomic E-state index is -0.350. The lowest BCUT2D eigenvalue weighted by Crippen LogP contribution is -2.54. The summed E-state index contributed by atoms with van der Waals surface area (Å²) in [6.45, 7) is 1.56. The fourth-order valence-electron chi connectivity index (χ4n) is 5.24. The van der Waals surface area contributed by atoms with E-state index in [1.165, 1.54) is 11.6 Å². The van der Waals surface area contributed by atoms with Crippen molar-refractivity contribution in [2.45, 2.75) is 24.9 Å². The fraction of sp³-hybridized carbons (Fsp3) is 0.259. The van der Waals surface area contributed by atoms with Gasteiger partial charge < -0.3 is 25.6 Å². The second-order valence-corrected chi connectivity index (χ2v) is 9.24. The zero-order chi connectivity index (χ0) is 24.6. The second kappa shape index (κ2) is 8.99. The number of benzene rings is 2. The largest absolute Gasteiger partial charge is 0.497 e. The first kappa shape index (κ1) is 22.1. The van der Waals surface area contributed by atoms with Crippen LogP contribution in [0.2, 0.25) is 0 Å². The molecule has 6 rings (SSSR count). The summed E-state index contributed by atoms with van der Waals surface area (Å²) in [6.07, 6.45) is 5.65. The molecule has 2 saturated heterocycles. The average molecular weight is 482 g/mol. The molecule has 4 heterocycles. The summed E-state index contributed by atoms with van der Waals surface area (Å²) in [5, 5.41) is 5.17. The number of nitrogens with two attached hydrogens (primary N) is 1. The number of fused-ring (bicyclic) bond motifs is 3. The maximum atomic E-state index is 12.8. The molecule has 36 heavy (non-hydrogen) atoms. The standard InChI is InChI=1S/C27H27N7O2/c1-36-22-10-6-19(7-11-22)31-26(35)23-14-30-27(32-25(23)28)33-15-20-8-9-21(16-33)34(20)24-12-17-4-2-3-5-18(17)13-29-24/h2-7,10-14,20-21H,8-9,15-16H2,1H3,(H,31,35)(H2,28,30,32). The maximum Gasteiger partial charge on any atom is 0.260 e. The number of pyridine rings is 1. The van der Waals surface area contributed by atoms with Gasteiger partial charge in [-0.15, -0.1) is 0 Å². The molecule has 0 spiro atoms. The van der Waals surface area contributed by atoms with Crippen LogP contribution in [0.4, 0.5) is 23.3 Å². The molecule has 2 fully saturated rings. The van der Waals surface area contributed by atoms with Crippen molar-refractivity contribution in [3.8, 4) is 5.75 Å². The van der Waals surface area contributed by atoms with Gasteiger partial charge in [-0.05, 0) is 48.6 Å². The summed E-state index contributed by atoms with van der Waals surface area (Å²) in [6, 6.07) is 18.2. The Morgan fingerprint density at radius 1 is 1.00 bits per heavy atom. The van der Waals surface area contributed by atoms with Crippen molar-refractivity contribution in [1.82, 2.24) is 15.0 Å². The molecule has 0 saturated carbocycles. The quantitative estimate of drug-likeness (QED) is 0.444. The van der Waals surface area contributed by atoms with Gasteiger partial charge in [0.15, 0.2) is 0 Å². The van der Waals surface area contributed by atoms with E-state index in [2.05, 4.69) is 49.4 Å². The average Bonchev–Trinajstić information content (AvgIpc) is 3.17. The number of carbonyl (C=O) groups excluding carboxylic acids is 1. The van der Waals surface area contributed by atoms with Crippen LogP contribution in [0, 0.1) is 0 Å². The van der Waals surface area contributed by atoms with Crippen molar-refractivity contribution in [2.75, 3.05) is 41.0 Å².